The fraction of sp³-hybridized carbons (Fsp3) is 0.200. The van der Waals surface area contributed by atoms with Gasteiger partial charge in [-0.15, -0.1) is 11.3 Å². The Hall–Kier alpha value is -2.28. The summed E-state index contributed by atoms with van der Waals surface area (Å²) in [7, 11) is 0. The van der Waals surface area contributed by atoms with Crippen molar-refractivity contribution in [1.29, 1.82) is 0 Å². The van der Waals surface area contributed by atoms with Crippen molar-refractivity contribution in [2.45, 2.75) is 13.0 Å². The van der Waals surface area contributed by atoms with Crippen LogP contribution in [-0.4, -0.2) is 18.5 Å². The molecule has 1 aromatic carbocycles. The van der Waals surface area contributed by atoms with Crippen LogP contribution in [0.15, 0.2) is 35.7 Å². The number of amides is 1. The van der Waals surface area contributed by atoms with E-state index in [1.165, 1.54) is 11.3 Å². The highest BCUT2D eigenvalue weighted by atomic mass is 32.1. The van der Waals surface area contributed by atoms with Gasteiger partial charge in [-0.3, -0.25) is 4.79 Å². The Balaban J connectivity index is 1.86. The number of hydrogen-bond acceptors (Lipinski definition) is 4. The molecular weight excluding hydrogens is 312 g/mol. The summed E-state index contributed by atoms with van der Waals surface area (Å²) in [5.74, 6) is -3.23. The second-order valence-corrected chi connectivity index (χ2v) is 5.52. The van der Waals surface area contributed by atoms with Gasteiger partial charge in [0.15, 0.2) is 6.61 Å². The van der Waals surface area contributed by atoms with Crippen LogP contribution in [0, 0.1) is 11.6 Å². The topological polar surface area (TPSA) is 55.4 Å². The standard InChI is InChI=1S/C15H13F2NO3S/c1-9(13-3-2-4-22-13)18-14(19)8-21-15(20)10-5-11(16)7-12(17)6-10/h2-7,9H,8H2,1H3,(H,18,19)/t9-/m1/s1. The fourth-order valence-electron chi connectivity index (χ4n) is 1.78. The van der Waals surface area contributed by atoms with Crippen molar-refractivity contribution in [3.63, 3.8) is 0 Å². The van der Waals surface area contributed by atoms with Crippen molar-refractivity contribution in [2.75, 3.05) is 6.61 Å². The molecule has 1 amide bonds. The van der Waals surface area contributed by atoms with Crippen molar-refractivity contribution in [2.24, 2.45) is 0 Å². The van der Waals surface area contributed by atoms with E-state index in [1.807, 2.05) is 17.5 Å². The monoisotopic (exact) mass is 325 g/mol. The number of esters is 1. The summed E-state index contributed by atoms with van der Waals surface area (Å²) >= 11 is 1.49. The summed E-state index contributed by atoms with van der Waals surface area (Å²) in [5.41, 5.74) is -0.281. The van der Waals surface area contributed by atoms with E-state index in [0.29, 0.717) is 6.07 Å². The SMILES string of the molecule is C[C@@H](NC(=O)COC(=O)c1cc(F)cc(F)c1)c1cccs1. The zero-order valence-corrected chi connectivity index (χ0v) is 12.5. The zero-order chi connectivity index (χ0) is 16.1. The lowest BCUT2D eigenvalue weighted by atomic mass is 10.2. The van der Waals surface area contributed by atoms with Gasteiger partial charge in [-0.1, -0.05) is 6.07 Å². The van der Waals surface area contributed by atoms with Crippen LogP contribution in [0.3, 0.4) is 0 Å². The summed E-state index contributed by atoms with van der Waals surface area (Å²) in [6.07, 6.45) is 0. The molecule has 0 aliphatic carbocycles. The molecule has 1 atom stereocenters. The van der Waals surface area contributed by atoms with Crippen LogP contribution in [-0.2, 0) is 9.53 Å². The highest BCUT2D eigenvalue weighted by Crippen LogP contribution is 2.17. The van der Waals surface area contributed by atoms with Crippen LogP contribution >= 0.6 is 11.3 Å². The third-order valence-corrected chi connectivity index (χ3v) is 3.84. The molecule has 0 aliphatic rings. The number of carbonyl (C=O) groups is 2. The van der Waals surface area contributed by atoms with Crippen LogP contribution < -0.4 is 5.32 Å². The Morgan fingerprint density at radius 3 is 2.55 bits per heavy atom. The zero-order valence-electron chi connectivity index (χ0n) is 11.6. The molecule has 0 bridgehead atoms. The number of nitrogens with one attached hydrogen (secondary N) is 1. The first-order chi connectivity index (χ1) is 10.5. The number of rotatable bonds is 5. The van der Waals surface area contributed by atoms with Crippen LogP contribution in [0.4, 0.5) is 8.78 Å². The van der Waals surface area contributed by atoms with E-state index in [0.717, 1.165) is 17.0 Å². The number of benzene rings is 1. The molecule has 1 aromatic heterocycles. The van der Waals surface area contributed by atoms with Crippen molar-refractivity contribution in [3.05, 3.63) is 57.8 Å². The minimum atomic E-state index is -0.961. The van der Waals surface area contributed by atoms with Gasteiger partial charge in [-0.25, -0.2) is 13.6 Å². The van der Waals surface area contributed by atoms with Gasteiger partial charge < -0.3 is 10.1 Å². The number of halogens is 2. The molecule has 22 heavy (non-hydrogen) atoms. The van der Waals surface area contributed by atoms with Gasteiger partial charge in [0, 0.05) is 10.9 Å². The molecule has 2 aromatic rings. The summed E-state index contributed by atoms with van der Waals surface area (Å²) in [4.78, 5) is 24.3. The molecule has 0 fully saturated rings. The lowest BCUT2D eigenvalue weighted by Gasteiger charge is -2.12. The molecule has 4 nitrogen and oxygen atoms in total. The maximum absolute atomic E-state index is 13.0. The second-order valence-electron chi connectivity index (χ2n) is 4.54. The maximum Gasteiger partial charge on any atom is 0.338 e. The Morgan fingerprint density at radius 1 is 1.27 bits per heavy atom. The van der Waals surface area contributed by atoms with Crippen LogP contribution in [0.5, 0.6) is 0 Å². The van der Waals surface area contributed by atoms with E-state index in [4.69, 9.17) is 4.74 Å². The van der Waals surface area contributed by atoms with E-state index in [-0.39, 0.29) is 11.6 Å². The van der Waals surface area contributed by atoms with Gasteiger partial charge in [0.2, 0.25) is 0 Å². The molecule has 2 rings (SSSR count). The van der Waals surface area contributed by atoms with Crippen LogP contribution in [0.1, 0.15) is 28.2 Å². The molecule has 7 heteroatoms. The van der Waals surface area contributed by atoms with Gasteiger partial charge in [0.05, 0.1) is 11.6 Å². The van der Waals surface area contributed by atoms with Gasteiger partial charge in [0.1, 0.15) is 11.6 Å². The fourth-order valence-corrected chi connectivity index (χ4v) is 2.51. The Kier molecular flexibility index (Phi) is 5.21. The third kappa shape index (κ3) is 4.36. The molecule has 116 valence electrons. The normalized spacial score (nSPS) is 11.8. The van der Waals surface area contributed by atoms with Gasteiger partial charge in [0.25, 0.3) is 5.91 Å². The number of ether oxygens (including phenoxy) is 1. The molecule has 1 heterocycles. The molecule has 0 radical (unpaired) electrons. The molecule has 0 aliphatic heterocycles. The lowest BCUT2D eigenvalue weighted by molar-refractivity contribution is -0.124. The minimum Gasteiger partial charge on any atom is -0.452 e. The van der Waals surface area contributed by atoms with Crippen molar-refractivity contribution in [1.82, 2.24) is 5.32 Å². The summed E-state index contributed by atoms with van der Waals surface area (Å²) in [6, 6.07) is 5.86. The summed E-state index contributed by atoms with van der Waals surface area (Å²) in [5, 5.41) is 4.54. The van der Waals surface area contributed by atoms with Crippen molar-refractivity contribution < 1.29 is 23.1 Å². The molecule has 0 unspecified atom stereocenters. The van der Waals surface area contributed by atoms with Crippen molar-refractivity contribution >= 4 is 23.2 Å². The molecule has 0 spiro atoms. The first kappa shape index (κ1) is 16.1. The molecule has 0 saturated carbocycles. The number of thiophene rings is 1. The third-order valence-electron chi connectivity index (χ3n) is 2.78. The lowest BCUT2D eigenvalue weighted by Crippen LogP contribution is -2.30. The van der Waals surface area contributed by atoms with Gasteiger partial charge in [-0.2, -0.15) is 0 Å². The Morgan fingerprint density at radius 2 is 1.95 bits per heavy atom. The van der Waals surface area contributed by atoms with Gasteiger partial charge >= 0.3 is 5.97 Å². The van der Waals surface area contributed by atoms with Gasteiger partial charge in [-0.05, 0) is 30.5 Å². The molecule has 0 saturated heterocycles. The van der Waals surface area contributed by atoms with Crippen LogP contribution in [0.2, 0.25) is 0 Å². The van der Waals surface area contributed by atoms with E-state index in [1.54, 1.807) is 6.92 Å². The van der Waals surface area contributed by atoms with Crippen molar-refractivity contribution in [3.8, 4) is 0 Å². The average molecular weight is 325 g/mol. The number of carbonyl (C=O) groups excluding carboxylic acids is 2. The number of hydrogen-bond donors (Lipinski definition) is 1. The predicted molar refractivity (Wildman–Crippen MR) is 77.5 cm³/mol. The predicted octanol–water partition coefficient (Wildman–Crippen LogP) is 3.06. The maximum atomic E-state index is 13.0. The highest BCUT2D eigenvalue weighted by molar-refractivity contribution is 7.10. The van der Waals surface area contributed by atoms with E-state index in [9.17, 15) is 18.4 Å². The van der Waals surface area contributed by atoms with E-state index >= 15 is 0 Å². The second kappa shape index (κ2) is 7.13. The summed E-state index contributed by atoms with van der Waals surface area (Å²) in [6.45, 7) is 1.28. The average Bonchev–Trinajstić information content (AvgIpc) is 2.98. The Bertz CT molecular complexity index is 653. The van der Waals surface area contributed by atoms with E-state index < -0.39 is 30.1 Å². The molecule has 1 N–H and O–H groups in total. The largest absolute Gasteiger partial charge is 0.452 e. The molecular formula is C15H13F2NO3S. The quantitative estimate of drug-likeness (QED) is 0.860. The van der Waals surface area contributed by atoms with Crippen LogP contribution in [0.25, 0.3) is 0 Å². The highest BCUT2D eigenvalue weighted by Gasteiger charge is 2.15. The Labute approximate surface area is 129 Å². The van der Waals surface area contributed by atoms with E-state index in [2.05, 4.69) is 5.32 Å². The summed E-state index contributed by atoms with van der Waals surface area (Å²) < 4.78 is 30.7. The first-order valence-electron chi connectivity index (χ1n) is 6.41. The first-order valence-corrected chi connectivity index (χ1v) is 7.29. The smallest absolute Gasteiger partial charge is 0.338 e. The minimum absolute atomic E-state index is 0.210.